The van der Waals surface area contributed by atoms with Crippen molar-refractivity contribution in [1.82, 2.24) is 5.32 Å². The lowest BCUT2D eigenvalue weighted by molar-refractivity contribution is -0.192. The quantitative estimate of drug-likeness (QED) is 0.507. The highest BCUT2D eigenvalue weighted by Gasteiger charge is 2.45. The number of aromatic carboxylic acids is 1. The maximum absolute atomic E-state index is 11.4. The number of aliphatic carboxylic acids is 1. The number of carbonyl (C=O) groups is 2. The minimum absolute atomic E-state index is 0.230. The molecule has 3 N–H and O–H groups in total. The van der Waals surface area contributed by atoms with Crippen molar-refractivity contribution < 1.29 is 33.0 Å². The number of fused-ring (bicyclic) bond motifs is 3. The van der Waals surface area contributed by atoms with Crippen molar-refractivity contribution in [3.8, 4) is 6.07 Å². The van der Waals surface area contributed by atoms with Gasteiger partial charge in [-0.15, -0.1) is 0 Å². The molecule has 0 amide bonds. The van der Waals surface area contributed by atoms with Crippen molar-refractivity contribution in [2.75, 3.05) is 18.1 Å². The molecule has 200 valence electrons. The molecule has 2 aliphatic heterocycles. The monoisotopic (exact) mass is 548 g/mol. The summed E-state index contributed by atoms with van der Waals surface area (Å²) in [6.45, 7) is 2.01. The first-order valence-electron chi connectivity index (χ1n) is 12.0. The second-order valence-electron chi connectivity index (χ2n) is 9.31. The van der Waals surface area contributed by atoms with Gasteiger partial charge in [0, 0.05) is 11.5 Å². The van der Waals surface area contributed by atoms with E-state index in [1.807, 2.05) is 18.2 Å². The number of nitriles is 1. The number of rotatable bonds is 3. The van der Waals surface area contributed by atoms with Crippen LogP contribution in [0.25, 0.3) is 0 Å². The Hall–Kier alpha value is -3.62. The Bertz CT molecular complexity index is 1320. The number of hydrogen-bond donors (Lipinski definition) is 3. The number of carboxylic acid groups (broad SMARTS) is 2. The fourth-order valence-electron chi connectivity index (χ4n) is 5.33. The molecule has 1 fully saturated rings. The lowest BCUT2D eigenvalue weighted by atomic mass is 9.73. The fourth-order valence-corrected chi connectivity index (χ4v) is 5.54. The van der Waals surface area contributed by atoms with Gasteiger partial charge in [0.1, 0.15) is 6.07 Å². The fraction of sp³-hybridized carbons (Fsp3) is 0.385. The molecular formula is C26H24ClF3N4O4. The number of piperidine rings is 1. The largest absolute Gasteiger partial charge is 0.490 e. The average Bonchev–Trinajstić information content (AvgIpc) is 3.28. The smallest absolute Gasteiger partial charge is 0.478 e. The Morgan fingerprint density at radius 1 is 1.11 bits per heavy atom. The molecular weight excluding hydrogens is 525 g/mol. The highest BCUT2D eigenvalue weighted by atomic mass is 35.5. The van der Waals surface area contributed by atoms with E-state index in [-0.39, 0.29) is 6.04 Å². The van der Waals surface area contributed by atoms with Gasteiger partial charge in [0.15, 0.2) is 0 Å². The van der Waals surface area contributed by atoms with E-state index in [0.717, 1.165) is 61.3 Å². The zero-order valence-corrected chi connectivity index (χ0v) is 20.8. The highest BCUT2D eigenvalue weighted by molar-refractivity contribution is 6.32. The predicted octanol–water partition coefficient (Wildman–Crippen LogP) is 4.70. The Labute approximate surface area is 221 Å². The molecule has 3 aliphatic rings. The SMILES string of the molecule is N#Cc1ccc(N2N=C3c4ccc(C(=O)O)cc4CCC3C2C2CCNCC2)cc1Cl.O=C(O)C(F)(F)F. The molecule has 2 unspecified atom stereocenters. The molecule has 2 heterocycles. The number of hydrogen-bond acceptors (Lipinski definition) is 6. The summed E-state index contributed by atoms with van der Waals surface area (Å²) >= 11 is 6.36. The first-order valence-corrected chi connectivity index (χ1v) is 12.3. The van der Waals surface area contributed by atoms with Crippen LogP contribution in [0.2, 0.25) is 5.02 Å². The molecule has 2 atom stereocenters. The predicted molar refractivity (Wildman–Crippen MR) is 133 cm³/mol. The number of hydrazone groups is 1. The van der Waals surface area contributed by atoms with Crippen molar-refractivity contribution in [3.63, 3.8) is 0 Å². The summed E-state index contributed by atoms with van der Waals surface area (Å²) in [5.74, 6) is -2.87. The molecule has 0 aromatic heterocycles. The second-order valence-corrected chi connectivity index (χ2v) is 9.72. The first kappa shape index (κ1) is 27.4. The maximum Gasteiger partial charge on any atom is 0.490 e. The number of aryl methyl sites for hydroxylation is 1. The van der Waals surface area contributed by atoms with Gasteiger partial charge in [-0.05, 0) is 80.6 Å². The van der Waals surface area contributed by atoms with Gasteiger partial charge in [-0.3, -0.25) is 5.01 Å². The third kappa shape index (κ3) is 5.61. The van der Waals surface area contributed by atoms with Gasteiger partial charge in [-0.2, -0.15) is 23.5 Å². The van der Waals surface area contributed by atoms with E-state index in [1.54, 1.807) is 18.2 Å². The Balaban J connectivity index is 0.000000426. The minimum atomic E-state index is -5.08. The van der Waals surface area contributed by atoms with E-state index in [9.17, 15) is 28.3 Å². The van der Waals surface area contributed by atoms with E-state index < -0.39 is 18.1 Å². The van der Waals surface area contributed by atoms with E-state index >= 15 is 0 Å². The average molecular weight is 549 g/mol. The van der Waals surface area contributed by atoms with E-state index in [1.165, 1.54) is 0 Å². The van der Waals surface area contributed by atoms with Gasteiger partial charge in [-0.1, -0.05) is 17.7 Å². The molecule has 38 heavy (non-hydrogen) atoms. The summed E-state index contributed by atoms with van der Waals surface area (Å²) < 4.78 is 31.7. The summed E-state index contributed by atoms with van der Waals surface area (Å²) in [7, 11) is 0. The number of benzene rings is 2. The Kier molecular flexibility index (Phi) is 7.94. The van der Waals surface area contributed by atoms with Crippen molar-refractivity contribution in [1.29, 1.82) is 5.26 Å². The van der Waals surface area contributed by atoms with Crippen LogP contribution in [0, 0.1) is 23.2 Å². The number of alkyl halides is 3. The van der Waals surface area contributed by atoms with Crippen LogP contribution < -0.4 is 10.3 Å². The second kappa shape index (κ2) is 11.0. The van der Waals surface area contributed by atoms with Gasteiger partial charge >= 0.3 is 18.1 Å². The molecule has 12 heteroatoms. The van der Waals surface area contributed by atoms with Crippen LogP contribution >= 0.6 is 11.6 Å². The van der Waals surface area contributed by atoms with Crippen molar-refractivity contribution >= 4 is 34.9 Å². The molecule has 0 radical (unpaired) electrons. The van der Waals surface area contributed by atoms with Crippen LogP contribution in [0.5, 0.6) is 0 Å². The number of nitrogens with one attached hydrogen (secondary N) is 1. The zero-order valence-electron chi connectivity index (χ0n) is 20.0. The summed E-state index contributed by atoms with van der Waals surface area (Å²) in [5.41, 5.74) is 4.84. The summed E-state index contributed by atoms with van der Waals surface area (Å²) in [6.07, 6.45) is -1.10. The number of nitrogens with zero attached hydrogens (tertiary/aromatic N) is 3. The van der Waals surface area contributed by atoms with Gasteiger partial charge in [0.05, 0.1) is 33.6 Å². The third-order valence-corrected chi connectivity index (χ3v) is 7.37. The van der Waals surface area contributed by atoms with Gasteiger partial charge in [0.25, 0.3) is 0 Å². The normalized spacial score (nSPS) is 20.8. The molecule has 2 aromatic carbocycles. The summed E-state index contributed by atoms with van der Waals surface area (Å²) in [5, 5.41) is 36.8. The van der Waals surface area contributed by atoms with Crippen LogP contribution in [-0.2, 0) is 11.2 Å². The third-order valence-electron chi connectivity index (χ3n) is 7.06. The Morgan fingerprint density at radius 3 is 2.37 bits per heavy atom. The van der Waals surface area contributed by atoms with Crippen molar-refractivity contribution in [3.05, 3.63) is 63.7 Å². The van der Waals surface area contributed by atoms with Crippen LogP contribution in [0.4, 0.5) is 18.9 Å². The molecule has 0 saturated carbocycles. The van der Waals surface area contributed by atoms with Crippen LogP contribution in [-0.4, -0.2) is 53.2 Å². The molecule has 5 rings (SSSR count). The van der Waals surface area contributed by atoms with E-state index in [4.69, 9.17) is 26.6 Å². The van der Waals surface area contributed by atoms with Gasteiger partial charge in [0.2, 0.25) is 0 Å². The highest BCUT2D eigenvalue weighted by Crippen LogP contribution is 2.43. The lowest BCUT2D eigenvalue weighted by Gasteiger charge is -2.38. The maximum atomic E-state index is 11.4. The molecule has 0 spiro atoms. The number of carboxylic acids is 2. The molecule has 1 saturated heterocycles. The first-order chi connectivity index (χ1) is 18.0. The van der Waals surface area contributed by atoms with Gasteiger partial charge < -0.3 is 15.5 Å². The van der Waals surface area contributed by atoms with Crippen molar-refractivity contribution in [2.24, 2.45) is 16.9 Å². The van der Waals surface area contributed by atoms with E-state index in [0.29, 0.717) is 28.0 Å². The molecule has 8 nitrogen and oxygen atoms in total. The summed E-state index contributed by atoms with van der Waals surface area (Å²) in [4.78, 5) is 20.3. The molecule has 1 aliphatic carbocycles. The van der Waals surface area contributed by atoms with E-state index in [2.05, 4.69) is 16.4 Å². The van der Waals surface area contributed by atoms with Crippen LogP contribution in [0.1, 0.15) is 46.3 Å². The number of halogens is 4. The zero-order chi connectivity index (χ0) is 27.6. The topological polar surface area (TPSA) is 126 Å². The summed E-state index contributed by atoms with van der Waals surface area (Å²) in [6, 6.07) is 13.2. The van der Waals surface area contributed by atoms with Crippen LogP contribution in [0.15, 0.2) is 41.5 Å². The van der Waals surface area contributed by atoms with Crippen molar-refractivity contribution in [2.45, 2.75) is 37.9 Å². The van der Waals surface area contributed by atoms with Gasteiger partial charge in [-0.25, -0.2) is 9.59 Å². The molecule has 2 aromatic rings. The minimum Gasteiger partial charge on any atom is -0.478 e. The lowest BCUT2D eigenvalue weighted by Crippen LogP contribution is -2.45. The standard InChI is InChI=1S/C24H23ClN4O2.C2HF3O2/c25-21-12-18(4-1-17(21)13-26)29-23(14-7-9-27-10-8-14)20-6-2-15-11-16(24(30)31)3-5-19(15)22(20)28-29;3-2(4,5)1(6)7/h1,3-5,11-12,14,20,23,27H,2,6-10H2,(H,30,31);(H,6,7). The number of anilines is 1. The Morgan fingerprint density at radius 2 is 1.79 bits per heavy atom. The molecule has 0 bridgehead atoms. The van der Waals surface area contributed by atoms with Crippen LogP contribution in [0.3, 0.4) is 0 Å².